The lowest BCUT2D eigenvalue weighted by molar-refractivity contribution is 0.415. The second-order valence-corrected chi connectivity index (χ2v) is 5.00. The predicted octanol–water partition coefficient (Wildman–Crippen LogP) is 2.70. The minimum absolute atomic E-state index is 0.696. The smallest absolute Gasteiger partial charge is 0.122 e. The summed E-state index contributed by atoms with van der Waals surface area (Å²) in [6, 6.07) is 5.63. The van der Waals surface area contributed by atoms with Gasteiger partial charge in [0.05, 0.1) is 12.1 Å². The molecule has 3 N–H and O–H groups in total. The van der Waals surface area contributed by atoms with Crippen LogP contribution >= 0.6 is 11.3 Å². The molecule has 1 aromatic carbocycles. The topological polar surface area (TPSA) is 60.2 Å². The van der Waals surface area contributed by atoms with Gasteiger partial charge in [-0.1, -0.05) is 0 Å². The highest BCUT2D eigenvalue weighted by molar-refractivity contribution is 7.09. The molecule has 1 heterocycles. The molecule has 0 unspecified atom stereocenters. The van der Waals surface area contributed by atoms with Gasteiger partial charge in [-0.25, -0.2) is 4.98 Å². The molecule has 0 aliphatic heterocycles. The first-order valence-corrected chi connectivity index (χ1v) is 6.65. The average Bonchev–Trinajstić information content (AvgIpc) is 2.74. The monoisotopic (exact) mass is 263 g/mol. The molecule has 0 bridgehead atoms. The van der Waals surface area contributed by atoms with Gasteiger partial charge in [0, 0.05) is 47.5 Å². The van der Waals surface area contributed by atoms with Crippen molar-refractivity contribution in [3.8, 4) is 5.75 Å². The van der Waals surface area contributed by atoms with E-state index in [1.54, 1.807) is 24.5 Å². The maximum Gasteiger partial charge on any atom is 0.122 e. The van der Waals surface area contributed by atoms with E-state index < -0.39 is 0 Å². The van der Waals surface area contributed by atoms with Crippen molar-refractivity contribution in [3.05, 3.63) is 34.3 Å². The van der Waals surface area contributed by atoms with Gasteiger partial charge in [-0.3, -0.25) is 0 Å². The van der Waals surface area contributed by atoms with Gasteiger partial charge in [-0.2, -0.15) is 0 Å². The van der Waals surface area contributed by atoms with Crippen LogP contribution in [0.5, 0.6) is 5.75 Å². The third-order valence-electron chi connectivity index (χ3n) is 2.50. The number of benzene rings is 1. The highest BCUT2D eigenvalue weighted by Crippen LogP contribution is 2.22. The number of rotatable bonds is 5. The van der Waals surface area contributed by atoms with E-state index in [9.17, 15) is 0 Å². The number of methoxy groups -OCH3 is 1. The van der Waals surface area contributed by atoms with Crippen LogP contribution < -0.4 is 15.8 Å². The van der Waals surface area contributed by atoms with E-state index in [2.05, 4.69) is 15.7 Å². The summed E-state index contributed by atoms with van der Waals surface area (Å²) in [5.74, 6) is 0.766. The van der Waals surface area contributed by atoms with Crippen molar-refractivity contribution in [3.63, 3.8) is 0 Å². The van der Waals surface area contributed by atoms with E-state index in [0.29, 0.717) is 5.69 Å². The summed E-state index contributed by atoms with van der Waals surface area (Å²) in [4.78, 5) is 4.42. The zero-order chi connectivity index (χ0) is 13.0. The number of hydrogen-bond donors (Lipinski definition) is 2. The number of ether oxygens (including phenoxy) is 1. The maximum absolute atomic E-state index is 5.79. The van der Waals surface area contributed by atoms with Crippen LogP contribution in [0, 0.1) is 6.92 Å². The van der Waals surface area contributed by atoms with Crippen molar-refractivity contribution in [1.82, 2.24) is 4.98 Å². The van der Waals surface area contributed by atoms with Crippen molar-refractivity contribution >= 4 is 22.7 Å². The summed E-state index contributed by atoms with van der Waals surface area (Å²) in [7, 11) is 1.64. The normalized spacial score (nSPS) is 10.3. The first-order valence-electron chi connectivity index (χ1n) is 5.77. The van der Waals surface area contributed by atoms with Gasteiger partial charge in [-0.15, -0.1) is 11.3 Å². The molecule has 5 heteroatoms. The first-order chi connectivity index (χ1) is 8.67. The number of hydrogen-bond acceptors (Lipinski definition) is 5. The number of aromatic nitrogens is 1. The quantitative estimate of drug-likeness (QED) is 0.814. The van der Waals surface area contributed by atoms with E-state index in [1.165, 1.54) is 0 Å². The summed E-state index contributed by atoms with van der Waals surface area (Å²) in [5.41, 5.74) is 8.54. The highest BCUT2D eigenvalue weighted by atomic mass is 32.1. The maximum atomic E-state index is 5.79. The van der Waals surface area contributed by atoms with Gasteiger partial charge in [-0.05, 0) is 13.0 Å². The van der Waals surface area contributed by atoms with E-state index in [1.807, 2.05) is 19.1 Å². The number of anilines is 2. The van der Waals surface area contributed by atoms with Crippen LogP contribution in [-0.4, -0.2) is 18.6 Å². The molecule has 18 heavy (non-hydrogen) atoms. The van der Waals surface area contributed by atoms with Crippen LogP contribution in [0.2, 0.25) is 0 Å². The zero-order valence-electron chi connectivity index (χ0n) is 10.6. The molecular formula is C13H17N3OS. The fourth-order valence-electron chi connectivity index (χ4n) is 1.67. The molecule has 0 atom stereocenters. The van der Waals surface area contributed by atoms with Crippen molar-refractivity contribution in [2.45, 2.75) is 13.3 Å². The lowest BCUT2D eigenvalue weighted by Crippen LogP contribution is -2.05. The zero-order valence-corrected chi connectivity index (χ0v) is 11.4. The number of nitrogens with two attached hydrogens (primary N) is 1. The van der Waals surface area contributed by atoms with Crippen molar-refractivity contribution in [1.29, 1.82) is 0 Å². The fraction of sp³-hybridized carbons (Fsp3) is 0.308. The number of nitrogen functional groups attached to an aromatic ring is 1. The molecular weight excluding hydrogens is 246 g/mol. The first kappa shape index (κ1) is 12.7. The molecule has 0 amide bonds. The summed E-state index contributed by atoms with van der Waals surface area (Å²) in [5, 5.41) is 6.54. The molecule has 1 aromatic heterocycles. The Morgan fingerprint density at radius 1 is 1.39 bits per heavy atom. The predicted molar refractivity (Wildman–Crippen MR) is 76.5 cm³/mol. The van der Waals surface area contributed by atoms with Gasteiger partial charge in [0.15, 0.2) is 0 Å². The fourth-order valence-corrected chi connectivity index (χ4v) is 2.45. The van der Waals surface area contributed by atoms with Crippen LogP contribution in [0.25, 0.3) is 0 Å². The molecule has 0 aliphatic carbocycles. The summed E-state index contributed by atoms with van der Waals surface area (Å²) in [6.45, 7) is 2.84. The lowest BCUT2D eigenvalue weighted by Gasteiger charge is -2.08. The third kappa shape index (κ3) is 3.37. The average molecular weight is 263 g/mol. The lowest BCUT2D eigenvalue weighted by atomic mass is 10.2. The Kier molecular flexibility index (Phi) is 4.04. The van der Waals surface area contributed by atoms with E-state index in [0.717, 1.165) is 35.1 Å². The van der Waals surface area contributed by atoms with Gasteiger partial charge < -0.3 is 15.8 Å². The minimum atomic E-state index is 0.696. The van der Waals surface area contributed by atoms with Crippen LogP contribution in [0.15, 0.2) is 23.6 Å². The molecule has 0 aliphatic rings. The molecule has 2 aromatic rings. The Bertz CT molecular complexity index is 525. The van der Waals surface area contributed by atoms with Crippen LogP contribution in [0.1, 0.15) is 10.7 Å². The van der Waals surface area contributed by atoms with Crippen molar-refractivity contribution < 1.29 is 4.74 Å². The van der Waals surface area contributed by atoms with E-state index in [-0.39, 0.29) is 0 Å². The molecule has 96 valence electrons. The third-order valence-corrected chi connectivity index (χ3v) is 3.53. The van der Waals surface area contributed by atoms with Gasteiger partial charge >= 0.3 is 0 Å². The van der Waals surface area contributed by atoms with E-state index >= 15 is 0 Å². The Hall–Kier alpha value is -1.75. The SMILES string of the molecule is COc1cc(N)cc(NCCc2nc(C)cs2)c1. The Balaban J connectivity index is 1.91. The Labute approximate surface area is 111 Å². The van der Waals surface area contributed by atoms with E-state index in [4.69, 9.17) is 10.5 Å². The van der Waals surface area contributed by atoms with Gasteiger partial charge in [0.1, 0.15) is 5.75 Å². The number of aryl methyl sites for hydroxylation is 1. The van der Waals surface area contributed by atoms with Crippen molar-refractivity contribution in [2.75, 3.05) is 24.7 Å². The molecule has 0 fully saturated rings. The summed E-state index contributed by atoms with van der Waals surface area (Å²) < 4.78 is 5.17. The van der Waals surface area contributed by atoms with Gasteiger partial charge in [0.25, 0.3) is 0 Å². The van der Waals surface area contributed by atoms with Crippen molar-refractivity contribution in [2.24, 2.45) is 0 Å². The van der Waals surface area contributed by atoms with Crippen LogP contribution in [0.3, 0.4) is 0 Å². The molecule has 0 radical (unpaired) electrons. The Morgan fingerprint density at radius 2 is 2.22 bits per heavy atom. The molecule has 0 spiro atoms. The molecule has 4 nitrogen and oxygen atoms in total. The Morgan fingerprint density at radius 3 is 2.89 bits per heavy atom. The number of nitrogens with one attached hydrogen (secondary N) is 1. The largest absolute Gasteiger partial charge is 0.497 e. The second-order valence-electron chi connectivity index (χ2n) is 4.05. The summed E-state index contributed by atoms with van der Waals surface area (Å²) >= 11 is 1.69. The second kappa shape index (κ2) is 5.73. The minimum Gasteiger partial charge on any atom is -0.497 e. The summed E-state index contributed by atoms with van der Waals surface area (Å²) in [6.07, 6.45) is 0.912. The van der Waals surface area contributed by atoms with Crippen LogP contribution in [-0.2, 0) is 6.42 Å². The molecule has 0 saturated carbocycles. The van der Waals surface area contributed by atoms with Crippen LogP contribution in [0.4, 0.5) is 11.4 Å². The molecule has 2 rings (SSSR count). The highest BCUT2D eigenvalue weighted by Gasteiger charge is 2.01. The molecule has 0 saturated heterocycles. The number of nitrogens with zero attached hydrogens (tertiary/aromatic N) is 1. The van der Waals surface area contributed by atoms with Gasteiger partial charge in [0.2, 0.25) is 0 Å². The standard InChI is InChI=1S/C13H17N3OS/c1-9-8-18-13(16-9)3-4-15-11-5-10(14)6-12(7-11)17-2/h5-8,15H,3-4,14H2,1-2H3. The number of thiazole rings is 1.